The van der Waals surface area contributed by atoms with Crippen LogP contribution in [0.1, 0.15) is 60.4 Å². The van der Waals surface area contributed by atoms with Crippen molar-refractivity contribution in [3.8, 4) is 28.7 Å². The number of hydrogen-bond acceptors (Lipinski definition) is 3. The second-order valence-corrected chi connectivity index (χ2v) is 11.1. The van der Waals surface area contributed by atoms with Crippen molar-refractivity contribution >= 4 is 23.1 Å². The minimum Gasteiger partial charge on any atom is -0.488 e. The van der Waals surface area contributed by atoms with Gasteiger partial charge in [0.15, 0.2) is 11.6 Å². The van der Waals surface area contributed by atoms with Crippen molar-refractivity contribution in [3.05, 3.63) is 117 Å². The van der Waals surface area contributed by atoms with E-state index in [4.69, 9.17) is 4.74 Å². The molecule has 0 aliphatic heterocycles. The molecule has 2 nitrogen and oxygen atoms in total. The molecule has 0 heterocycles. The first kappa shape index (κ1) is 32.0. The fourth-order valence-corrected chi connectivity index (χ4v) is 5.59. The minimum atomic E-state index is -1.07. The molecule has 1 atom stereocenters. The fourth-order valence-electron chi connectivity index (χ4n) is 5.50. The molecule has 5 rings (SSSR count). The summed E-state index contributed by atoms with van der Waals surface area (Å²) in [5.74, 6) is 0.282. The number of nitrogens with zero attached hydrogens (tertiary/aromatic N) is 1. The van der Waals surface area contributed by atoms with Crippen molar-refractivity contribution in [2.24, 2.45) is 10.9 Å². The summed E-state index contributed by atoms with van der Waals surface area (Å²) < 4.78 is 93.2. The highest BCUT2D eigenvalue weighted by Crippen LogP contribution is 2.33. The van der Waals surface area contributed by atoms with E-state index in [1.165, 1.54) is 6.07 Å². The van der Waals surface area contributed by atoms with Crippen LogP contribution in [0.15, 0.2) is 59.6 Å². The molecule has 4 aromatic rings. The summed E-state index contributed by atoms with van der Waals surface area (Å²) in [6.45, 7) is 1.50. The smallest absolute Gasteiger partial charge is 0.156 e. The maximum Gasteiger partial charge on any atom is 0.156 e. The number of hydrogen-bond donors (Lipinski definition) is 0. The summed E-state index contributed by atoms with van der Waals surface area (Å²) in [5.41, 5.74) is 1.05. The summed E-state index contributed by atoms with van der Waals surface area (Å²) in [7, 11) is 0. The fraction of sp³-hybridized carbons (Fsp3) is 0.250. The highest BCUT2D eigenvalue weighted by atomic mass is 32.1. The Morgan fingerprint density at radius 3 is 2.18 bits per heavy atom. The van der Waals surface area contributed by atoms with Crippen LogP contribution < -0.4 is 4.74 Å². The summed E-state index contributed by atoms with van der Waals surface area (Å²) in [6.07, 6.45) is 5.36. The van der Waals surface area contributed by atoms with Crippen molar-refractivity contribution in [2.75, 3.05) is 0 Å². The maximum absolute atomic E-state index is 15.3. The van der Waals surface area contributed by atoms with Crippen molar-refractivity contribution in [1.82, 2.24) is 0 Å². The molecule has 1 unspecified atom stereocenters. The highest BCUT2D eigenvalue weighted by Gasteiger charge is 2.24. The lowest BCUT2D eigenvalue weighted by atomic mass is 9.80. The third-order valence-electron chi connectivity index (χ3n) is 7.91. The molecule has 0 amide bonds. The second kappa shape index (κ2) is 14.2. The van der Waals surface area contributed by atoms with E-state index in [0.717, 1.165) is 55.5 Å². The number of halogens is 6. The average molecular weight is 636 g/mol. The quantitative estimate of drug-likeness (QED) is 0.0832. The number of unbranched alkanes of at least 4 members (excludes halogenated alkanes) is 1. The molecule has 0 spiro atoms. The molecule has 45 heavy (non-hydrogen) atoms. The van der Waals surface area contributed by atoms with Crippen molar-refractivity contribution < 1.29 is 31.1 Å². The minimum absolute atomic E-state index is 0.219. The van der Waals surface area contributed by atoms with Gasteiger partial charge in [0.25, 0.3) is 0 Å². The molecule has 4 aromatic carbocycles. The molecule has 1 aliphatic rings. The lowest BCUT2D eigenvalue weighted by molar-refractivity contribution is 0.289. The molecule has 0 aromatic heterocycles. The van der Waals surface area contributed by atoms with E-state index >= 15 is 4.39 Å². The first-order valence-electron chi connectivity index (χ1n) is 14.5. The van der Waals surface area contributed by atoms with Crippen LogP contribution in [0.3, 0.4) is 0 Å². The normalized spacial score (nSPS) is 13.8. The van der Waals surface area contributed by atoms with E-state index in [0.29, 0.717) is 35.4 Å². The van der Waals surface area contributed by atoms with Crippen molar-refractivity contribution in [3.63, 3.8) is 0 Å². The van der Waals surface area contributed by atoms with E-state index in [9.17, 15) is 22.0 Å². The lowest BCUT2D eigenvalue weighted by Crippen LogP contribution is -2.17. The third-order valence-corrected chi connectivity index (χ3v) is 8.00. The van der Waals surface area contributed by atoms with Gasteiger partial charge in [0.1, 0.15) is 41.3 Å². The average Bonchev–Trinajstić information content (AvgIpc) is 3.01. The topological polar surface area (TPSA) is 21.6 Å². The van der Waals surface area contributed by atoms with Gasteiger partial charge in [0, 0.05) is 17.7 Å². The van der Waals surface area contributed by atoms with E-state index in [-0.39, 0.29) is 16.9 Å². The van der Waals surface area contributed by atoms with Crippen LogP contribution >= 0.6 is 12.2 Å². The molecule has 0 radical (unpaired) electrons. The Balaban J connectivity index is 1.29. The molecule has 0 N–H and O–H groups in total. The van der Waals surface area contributed by atoms with Crippen LogP contribution in [0.2, 0.25) is 0 Å². The number of aliphatic imine (C=N–C) groups is 1. The lowest BCUT2D eigenvalue weighted by Gasteiger charge is -2.25. The number of thiocarbonyl (C=S) groups is 1. The first-order valence-corrected chi connectivity index (χ1v) is 14.9. The van der Waals surface area contributed by atoms with Gasteiger partial charge in [-0.25, -0.2) is 26.3 Å². The van der Waals surface area contributed by atoms with Gasteiger partial charge in [0.2, 0.25) is 0 Å². The van der Waals surface area contributed by atoms with Crippen molar-refractivity contribution in [2.45, 2.75) is 52.1 Å². The van der Waals surface area contributed by atoms with Gasteiger partial charge < -0.3 is 4.74 Å². The third kappa shape index (κ3) is 7.30. The Bertz CT molecular complexity index is 1810. The van der Waals surface area contributed by atoms with Gasteiger partial charge in [-0.05, 0) is 90.0 Å². The predicted molar refractivity (Wildman–Crippen MR) is 165 cm³/mol. The Labute approximate surface area is 262 Å². The van der Waals surface area contributed by atoms with Crippen LogP contribution in [0.4, 0.5) is 32.0 Å². The van der Waals surface area contributed by atoms with E-state index < -0.39 is 52.8 Å². The Hall–Kier alpha value is -4.38. The van der Waals surface area contributed by atoms with E-state index in [2.05, 4.69) is 36.0 Å². The second-order valence-electron chi connectivity index (χ2n) is 10.9. The van der Waals surface area contributed by atoms with Gasteiger partial charge in [-0.15, -0.1) is 0 Å². The Morgan fingerprint density at radius 2 is 1.53 bits per heavy atom. The molecule has 0 fully saturated rings. The Morgan fingerprint density at radius 1 is 0.844 bits per heavy atom. The molecular formula is C36H27F6NOS. The predicted octanol–water partition coefficient (Wildman–Crippen LogP) is 10.2. The van der Waals surface area contributed by atoms with Crippen LogP contribution in [-0.4, -0.2) is 5.16 Å². The van der Waals surface area contributed by atoms with E-state index in [1.54, 1.807) is 24.3 Å². The number of rotatable bonds is 8. The van der Waals surface area contributed by atoms with Gasteiger partial charge in [0.05, 0.1) is 16.3 Å². The molecule has 0 saturated carbocycles. The standard InChI is InChI=1S/C36H27F6NOS/c1-2-3-4-22-8-11-27-25(13-22)16-30(37)28(35(27)42)12-7-21-5-9-23(10-6-21)24-14-31(38)29(32(39)15-24)19-44-26-17-33(40)36(43-20-45)34(41)18-26/h5-6,9-10,14-18,22H,2-4,8,11,13,19H2,1H3. The van der Waals surface area contributed by atoms with E-state index in [1.807, 2.05) is 5.16 Å². The molecule has 1 aliphatic carbocycles. The zero-order valence-corrected chi connectivity index (χ0v) is 25.1. The summed E-state index contributed by atoms with van der Waals surface area (Å²) in [5, 5.41) is 1.87. The zero-order valence-electron chi connectivity index (χ0n) is 24.3. The highest BCUT2D eigenvalue weighted by molar-refractivity contribution is 7.78. The van der Waals surface area contributed by atoms with Gasteiger partial charge in [-0.1, -0.05) is 50.2 Å². The monoisotopic (exact) mass is 635 g/mol. The number of isothiocyanates is 1. The molecule has 230 valence electrons. The summed E-state index contributed by atoms with van der Waals surface area (Å²) in [4.78, 5) is 3.29. The van der Waals surface area contributed by atoms with Crippen LogP contribution in [0.5, 0.6) is 5.75 Å². The SMILES string of the molecule is CCCCC1CCc2c(cc(F)c(C#Cc3ccc(-c4cc(F)c(COc5cc(F)c(N=C=S)c(F)c5)c(F)c4)cc3)c2F)C1. The zero-order chi connectivity index (χ0) is 32.1. The number of benzene rings is 4. The van der Waals surface area contributed by atoms with Gasteiger partial charge >= 0.3 is 0 Å². The van der Waals surface area contributed by atoms with Gasteiger partial charge in [-0.3, -0.25) is 0 Å². The summed E-state index contributed by atoms with van der Waals surface area (Å²) >= 11 is 4.35. The Kier molecular flexibility index (Phi) is 10.1. The summed E-state index contributed by atoms with van der Waals surface area (Å²) in [6, 6.07) is 11.6. The van der Waals surface area contributed by atoms with Crippen LogP contribution in [0.25, 0.3) is 11.1 Å². The maximum atomic E-state index is 15.3. The number of fused-ring (bicyclic) bond motifs is 1. The molecule has 0 saturated heterocycles. The van der Waals surface area contributed by atoms with Crippen LogP contribution in [0, 0.1) is 52.7 Å². The number of ether oxygens (including phenoxy) is 1. The first-order chi connectivity index (χ1) is 21.7. The largest absolute Gasteiger partial charge is 0.488 e. The van der Waals surface area contributed by atoms with Crippen LogP contribution in [-0.2, 0) is 19.4 Å². The molecule has 9 heteroatoms. The van der Waals surface area contributed by atoms with Gasteiger partial charge in [-0.2, -0.15) is 4.99 Å². The van der Waals surface area contributed by atoms with Crippen molar-refractivity contribution in [1.29, 1.82) is 0 Å². The molecule has 0 bridgehead atoms. The molecular weight excluding hydrogens is 608 g/mol.